The summed E-state index contributed by atoms with van der Waals surface area (Å²) in [5.41, 5.74) is 7.25. The zero-order valence-corrected chi connectivity index (χ0v) is 12.0. The Labute approximate surface area is 121 Å². The van der Waals surface area contributed by atoms with Crippen LogP contribution in [0.4, 0.5) is 0 Å². The van der Waals surface area contributed by atoms with Crippen molar-refractivity contribution in [3.63, 3.8) is 0 Å². The monoisotopic (exact) mass is 292 g/mol. The van der Waals surface area contributed by atoms with Crippen molar-refractivity contribution in [2.45, 2.75) is 11.2 Å². The zero-order valence-electron chi connectivity index (χ0n) is 11.2. The van der Waals surface area contributed by atoms with Gasteiger partial charge in [0.15, 0.2) is 16.7 Å². The van der Waals surface area contributed by atoms with Crippen molar-refractivity contribution < 1.29 is 9.47 Å². The van der Waals surface area contributed by atoms with Crippen molar-refractivity contribution in [2.24, 2.45) is 12.8 Å². The molecule has 1 atom stereocenters. The van der Waals surface area contributed by atoms with E-state index >= 15 is 0 Å². The molecule has 6 nitrogen and oxygen atoms in total. The summed E-state index contributed by atoms with van der Waals surface area (Å²) in [6, 6.07) is 5.76. The second-order valence-corrected chi connectivity index (χ2v) is 5.53. The standard InChI is InChI=1S/C13H16N4O2S/c1-17-8-15-16-13(17)20-7-10(14)9-2-3-11-12(6-9)19-5-4-18-11/h2-3,6,8,10H,4-5,7,14H2,1H3. The summed E-state index contributed by atoms with van der Waals surface area (Å²) in [6.45, 7) is 1.18. The zero-order chi connectivity index (χ0) is 13.9. The first-order valence-electron chi connectivity index (χ1n) is 6.36. The summed E-state index contributed by atoms with van der Waals surface area (Å²) >= 11 is 1.59. The molecule has 0 aliphatic carbocycles. The van der Waals surface area contributed by atoms with Crippen molar-refractivity contribution in [1.29, 1.82) is 0 Å². The predicted octanol–water partition coefficient (Wildman–Crippen LogP) is 1.38. The summed E-state index contributed by atoms with van der Waals surface area (Å²) in [5, 5.41) is 8.73. The molecular formula is C13H16N4O2S. The number of nitrogens with zero attached hydrogens (tertiary/aromatic N) is 3. The van der Waals surface area contributed by atoms with Crippen LogP contribution in [0.5, 0.6) is 11.5 Å². The first-order valence-corrected chi connectivity index (χ1v) is 7.34. The number of aromatic nitrogens is 3. The van der Waals surface area contributed by atoms with Crippen LogP contribution in [0.15, 0.2) is 29.7 Å². The average molecular weight is 292 g/mol. The van der Waals surface area contributed by atoms with Crippen molar-refractivity contribution in [2.75, 3.05) is 19.0 Å². The number of hydrogen-bond donors (Lipinski definition) is 1. The minimum absolute atomic E-state index is 0.0903. The molecule has 2 N–H and O–H groups in total. The Morgan fingerprint density at radius 3 is 2.90 bits per heavy atom. The second kappa shape index (κ2) is 5.72. The van der Waals surface area contributed by atoms with Gasteiger partial charge in [0, 0.05) is 18.8 Å². The molecule has 0 saturated carbocycles. The molecule has 1 aliphatic heterocycles. The Morgan fingerprint density at radius 2 is 2.15 bits per heavy atom. The maximum atomic E-state index is 6.22. The molecule has 106 valence electrons. The van der Waals surface area contributed by atoms with Crippen molar-refractivity contribution >= 4 is 11.8 Å². The summed E-state index contributed by atoms with van der Waals surface area (Å²) in [4.78, 5) is 0. The topological polar surface area (TPSA) is 75.2 Å². The molecule has 0 radical (unpaired) electrons. The normalized spacial score (nSPS) is 15.1. The van der Waals surface area contributed by atoms with Gasteiger partial charge >= 0.3 is 0 Å². The van der Waals surface area contributed by atoms with Crippen LogP contribution in [0.3, 0.4) is 0 Å². The minimum atomic E-state index is -0.0903. The number of nitrogens with two attached hydrogens (primary N) is 1. The highest BCUT2D eigenvalue weighted by Crippen LogP contribution is 2.33. The predicted molar refractivity (Wildman–Crippen MR) is 76.1 cm³/mol. The molecule has 1 aliphatic rings. The maximum Gasteiger partial charge on any atom is 0.190 e. The molecule has 20 heavy (non-hydrogen) atoms. The van der Waals surface area contributed by atoms with Crippen molar-refractivity contribution in [3.8, 4) is 11.5 Å². The summed E-state index contributed by atoms with van der Waals surface area (Å²) in [6.07, 6.45) is 1.68. The van der Waals surface area contributed by atoms with E-state index in [-0.39, 0.29) is 6.04 Å². The summed E-state index contributed by atoms with van der Waals surface area (Å²) < 4.78 is 12.9. The first kappa shape index (κ1) is 13.3. The highest BCUT2D eigenvalue weighted by Gasteiger charge is 2.15. The van der Waals surface area contributed by atoms with Crippen LogP contribution in [0.25, 0.3) is 0 Å². The summed E-state index contributed by atoms with van der Waals surface area (Å²) in [7, 11) is 1.91. The van der Waals surface area contributed by atoms with Crippen molar-refractivity contribution in [1.82, 2.24) is 14.8 Å². The Hall–Kier alpha value is -1.73. The van der Waals surface area contributed by atoms with E-state index in [0.29, 0.717) is 13.2 Å². The van der Waals surface area contributed by atoms with E-state index in [0.717, 1.165) is 28.0 Å². The Morgan fingerprint density at radius 1 is 1.35 bits per heavy atom. The van der Waals surface area contributed by atoms with E-state index in [1.165, 1.54) is 0 Å². The lowest BCUT2D eigenvalue weighted by Gasteiger charge is -2.20. The quantitative estimate of drug-likeness (QED) is 0.858. The number of aryl methyl sites for hydroxylation is 1. The molecule has 0 spiro atoms. The molecule has 2 heterocycles. The number of rotatable bonds is 4. The van der Waals surface area contributed by atoms with Gasteiger partial charge in [0.25, 0.3) is 0 Å². The second-order valence-electron chi connectivity index (χ2n) is 4.55. The number of thioether (sulfide) groups is 1. The molecule has 3 rings (SSSR count). The Kier molecular flexibility index (Phi) is 3.79. The van der Waals surface area contributed by atoms with Crippen LogP contribution in [0, 0.1) is 0 Å². The fourth-order valence-electron chi connectivity index (χ4n) is 1.95. The number of benzene rings is 1. The third-order valence-corrected chi connectivity index (χ3v) is 4.21. The largest absolute Gasteiger partial charge is 0.486 e. The lowest BCUT2D eigenvalue weighted by Crippen LogP contribution is -2.17. The lowest BCUT2D eigenvalue weighted by molar-refractivity contribution is 0.171. The van der Waals surface area contributed by atoms with Gasteiger partial charge in [0.1, 0.15) is 19.5 Å². The van der Waals surface area contributed by atoms with Gasteiger partial charge in [0.2, 0.25) is 0 Å². The fourth-order valence-corrected chi connectivity index (χ4v) is 2.83. The van der Waals surface area contributed by atoms with Gasteiger partial charge in [-0.25, -0.2) is 0 Å². The van der Waals surface area contributed by atoms with Crippen LogP contribution in [-0.2, 0) is 7.05 Å². The number of ether oxygens (including phenoxy) is 2. The van der Waals surface area contributed by atoms with E-state index in [9.17, 15) is 0 Å². The van der Waals surface area contributed by atoms with E-state index < -0.39 is 0 Å². The molecule has 0 saturated heterocycles. The molecular weight excluding hydrogens is 276 g/mol. The van der Waals surface area contributed by atoms with Gasteiger partial charge in [-0.3, -0.25) is 0 Å². The highest BCUT2D eigenvalue weighted by atomic mass is 32.2. The average Bonchev–Trinajstić information content (AvgIpc) is 2.89. The molecule has 1 aromatic heterocycles. The van der Waals surface area contributed by atoms with Gasteiger partial charge in [-0.1, -0.05) is 17.8 Å². The third-order valence-electron chi connectivity index (χ3n) is 3.06. The molecule has 2 aromatic rings. The molecule has 0 bridgehead atoms. The fraction of sp³-hybridized carbons (Fsp3) is 0.385. The minimum Gasteiger partial charge on any atom is -0.486 e. The Balaban J connectivity index is 1.67. The van der Waals surface area contributed by atoms with Gasteiger partial charge < -0.3 is 19.8 Å². The maximum absolute atomic E-state index is 6.22. The SMILES string of the molecule is Cn1cnnc1SCC(N)c1ccc2c(c1)OCCO2. The van der Waals surface area contributed by atoms with Crippen molar-refractivity contribution in [3.05, 3.63) is 30.1 Å². The van der Waals surface area contributed by atoms with E-state index in [2.05, 4.69) is 10.2 Å². The van der Waals surface area contributed by atoms with Crippen LogP contribution in [-0.4, -0.2) is 33.7 Å². The number of hydrogen-bond acceptors (Lipinski definition) is 6. The molecule has 1 aromatic carbocycles. The van der Waals surface area contributed by atoms with Gasteiger partial charge in [-0.15, -0.1) is 10.2 Å². The van der Waals surface area contributed by atoms with Crippen LogP contribution >= 0.6 is 11.8 Å². The van der Waals surface area contributed by atoms with E-state index in [1.807, 2.05) is 29.8 Å². The molecule has 1 unspecified atom stereocenters. The Bertz CT molecular complexity index is 602. The highest BCUT2D eigenvalue weighted by molar-refractivity contribution is 7.99. The molecule has 0 amide bonds. The third kappa shape index (κ3) is 2.73. The molecule has 7 heteroatoms. The van der Waals surface area contributed by atoms with E-state index in [4.69, 9.17) is 15.2 Å². The molecule has 0 fully saturated rings. The van der Waals surface area contributed by atoms with Crippen LogP contribution in [0.2, 0.25) is 0 Å². The van der Waals surface area contributed by atoms with Crippen LogP contribution < -0.4 is 15.2 Å². The number of fused-ring (bicyclic) bond motifs is 1. The van der Waals surface area contributed by atoms with Gasteiger partial charge in [-0.05, 0) is 17.7 Å². The van der Waals surface area contributed by atoms with E-state index in [1.54, 1.807) is 18.1 Å². The first-order chi connectivity index (χ1) is 9.74. The van der Waals surface area contributed by atoms with Gasteiger partial charge in [0.05, 0.1) is 0 Å². The lowest BCUT2D eigenvalue weighted by atomic mass is 10.1. The van der Waals surface area contributed by atoms with Crippen LogP contribution in [0.1, 0.15) is 11.6 Å². The van der Waals surface area contributed by atoms with Gasteiger partial charge in [-0.2, -0.15) is 0 Å². The summed E-state index contributed by atoms with van der Waals surface area (Å²) in [5.74, 6) is 2.28. The smallest absolute Gasteiger partial charge is 0.190 e.